The van der Waals surface area contributed by atoms with Gasteiger partial charge in [0.25, 0.3) is 0 Å². The molecule has 5 atom stereocenters. The van der Waals surface area contributed by atoms with Gasteiger partial charge in [0.2, 0.25) is 6.42 Å². The molecule has 1 saturated heterocycles. The summed E-state index contributed by atoms with van der Waals surface area (Å²) in [5.41, 5.74) is 0. The fourth-order valence-electron chi connectivity index (χ4n) is 4.36. The number of nitrogens with one attached hydrogen (secondary N) is 1. The van der Waals surface area contributed by atoms with Crippen LogP contribution in [0.1, 0.15) is 32.6 Å². The number of aliphatic imine (C=N–C) groups is 1. The number of rotatable bonds is 10. The Labute approximate surface area is 179 Å². The molecule has 168 valence electrons. The summed E-state index contributed by atoms with van der Waals surface area (Å²) in [6.07, 6.45) is 12.0. The van der Waals surface area contributed by atoms with Gasteiger partial charge < -0.3 is 10.1 Å². The molecule has 3 rings (SSSR count). The molecule has 1 saturated carbocycles. The quantitative estimate of drug-likeness (QED) is 0.417. The van der Waals surface area contributed by atoms with Crippen molar-refractivity contribution in [3.8, 4) is 0 Å². The highest BCUT2D eigenvalue weighted by atomic mass is 32.2. The predicted octanol–water partition coefficient (Wildman–Crippen LogP) is 3.47. The zero-order valence-corrected chi connectivity index (χ0v) is 18.7. The zero-order chi connectivity index (χ0) is 21.7. The van der Waals surface area contributed by atoms with Gasteiger partial charge in [0.1, 0.15) is 0 Å². The van der Waals surface area contributed by atoms with Crippen molar-refractivity contribution >= 4 is 22.3 Å². The van der Waals surface area contributed by atoms with Crippen molar-refractivity contribution < 1.29 is 17.5 Å². The van der Waals surface area contributed by atoms with Crippen LogP contribution < -0.4 is 0 Å². The highest BCUT2D eigenvalue weighted by Crippen LogP contribution is 2.48. The highest BCUT2D eigenvalue weighted by Gasteiger charge is 2.44. The summed E-state index contributed by atoms with van der Waals surface area (Å²) in [5.74, 6) is 2.04. The van der Waals surface area contributed by atoms with Crippen LogP contribution in [0.5, 0.6) is 0 Å². The number of sulfone groups is 1. The van der Waals surface area contributed by atoms with Crippen LogP contribution >= 0.6 is 0 Å². The SMILES string of the molecule is CC(C=N)C=NC(F)N1CCC(C2CC2COCC2C=CC(S(C)(=O)=O)=CC2)CC1. The third-order valence-electron chi connectivity index (χ3n) is 6.41. The largest absolute Gasteiger partial charge is 0.381 e. The van der Waals surface area contributed by atoms with Gasteiger partial charge in [0.15, 0.2) is 9.84 Å². The number of nitrogens with zero attached hydrogens (tertiary/aromatic N) is 2. The van der Waals surface area contributed by atoms with Crippen molar-refractivity contribution in [1.82, 2.24) is 4.90 Å². The van der Waals surface area contributed by atoms with Crippen molar-refractivity contribution in [2.24, 2.45) is 34.6 Å². The Morgan fingerprint density at radius 3 is 2.70 bits per heavy atom. The first kappa shape index (κ1) is 23.3. The van der Waals surface area contributed by atoms with E-state index in [0.29, 0.717) is 35.7 Å². The lowest BCUT2D eigenvalue weighted by molar-refractivity contribution is 0.0469. The molecule has 1 aliphatic heterocycles. The van der Waals surface area contributed by atoms with Crippen LogP contribution in [-0.4, -0.2) is 64.7 Å². The molecule has 0 aromatic rings. The minimum absolute atomic E-state index is 0.130. The minimum Gasteiger partial charge on any atom is -0.381 e. The van der Waals surface area contributed by atoms with Crippen molar-refractivity contribution in [3.63, 3.8) is 0 Å². The van der Waals surface area contributed by atoms with E-state index >= 15 is 0 Å². The number of halogens is 1. The topological polar surface area (TPSA) is 82.8 Å². The van der Waals surface area contributed by atoms with Gasteiger partial charge in [-0.3, -0.25) is 4.90 Å². The first-order valence-electron chi connectivity index (χ1n) is 10.9. The summed E-state index contributed by atoms with van der Waals surface area (Å²) in [6.45, 7) is 4.66. The maximum absolute atomic E-state index is 14.2. The van der Waals surface area contributed by atoms with Gasteiger partial charge in [-0.15, -0.1) is 0 Å². The molecular weight excluding hydrogens is 405 g/mol. The Bertz CT molecular complexity index is 787. The number of piperidine rings is 1. The molecule has 3 aliphatic rings. The minimum atomic E-state index is -3.12. The second-order valence-corrected chi connectivity index (χ2v) is 11.0. The second-order valence-electron chi connectivity index (χ2n) is 8.94. The van der Waals surface area contributed by atoms with Gasteiger partial charge in [-0.1, -0.05) is 19.1 Å². The maximum Gasteiger partial charge on any atom is 0.246 e. The molecule has 1 N–H and O–H groups in total. The molecule has 5 unspecified atom stereocenters. The number of hydrogen-bond acceptors (Lipinski definition) is 6. The first-order valence-corrected chi connectivity index (χ1v) is 12.7. The summed E-state index contributed by atoms with van der Waals surface area (Å²) in [7, 11) is -3.12. The Morgan fingerprint density at radius 1 is 1.37 bits per heavy atom. The van der Waals surface area contributed by atoms with Gasteiger partial charge in [-0.05, 0) is 49.5 Å². The number of alkyl halides is 1. The van der Waals surface area contributed by atoms with E-state index in [1.54, 1.807) is 17.1 Å². The summed E-state index contributed by atoms with van der Waals surface area (Å²) in [5, 5.41) is 7.14. The number of allylic oxidation sites excluding steroid dienone is 2. The van der Waals surface area contributed by atoms with E-state index in [4.69, 9.17) is 10.1 Å². The Balaban J connectivity index is 1.31. The molecule has 0 radical (unpaired) electrons. The van der Waals surface area contributed by atoms with Crippen LogP contribution in [0, 0.1) is 35.0 Å². The smallest absolute Gasteiger partial charge is 0.246 e. The van der Waals surface area contributed by atoms with E-state index in [0.717, 1.165) is 32.5 Å². The van der Waals surface area contributed by atoms with Gasteiger partial charge in [0, 0.05) is 50.2 Å². The lowest BCUT2D eigenvalue weighted by Gasteiger charge is -2.32. The maximum atomic E-state index is 14.2. The van der Waals surface area contributed by atoms with Crippen LogP contribution in [0.15, 0.2) is 28.1 Å². The Kier molecular flexibility index (Phi) is 7.98. The molecule has 0 amide bonds. The lowest BCUT2D eigenvalue weighted by Crippen LogP contribution is -2.39. The molecular formula is C22H34FN3O3S. The zero-order valence-electron chi connectivity index (χ0n) is 17.9. The molecule has 2 fully saturated rings. The predicted molar refractivity (Wildman–Crippen MR) is 118 cm³/mol. The fraction of sp³-hybridized carbons (Fsp3) is 0.727. The normalized spacial score (nSPS) is 30.2. The first-order chi connectivity index (χ1) is 14.3. The van der Waals surface area contributed by atoms with Crippen LogP contribution in [0.2, 0.25) is 0 Å². The van der Waals surface area contributed by atoms with Crippen LogP contribution in [0.25, 0.3) is 0 Å². The second kappa shape index (κ2) is 10.3. The number of hydrogen-bond donors (Lipinski definition) is 1. The fourth-order valence-corrected chi connectivity index (χ4v) is 5.08. The number of ether oxygens (including phenoxy) is 1. The van der Waals surface area contributed by atoms with Crippen LogP contribution in [0.4, 0.5) is 4.39 Å². The molecule has 0 bridgehead atoms. The van der Waals surface area contributed by atoms with E-state index in [9.17, 15) is 12.8 Å². The third kappa shape index (κ3) is 6.56. The van der Waals surface area contributed by atoms with Crippen molar-refractivity contribution in [2.45, 2.75) is 39.0 Å². The average Bonchev–Trinajstić information content (AvgIpc) is 3.51. The summed E-state index contributed by atoms with van der Waals surface area (Å²) < 4.78 is 43.2. The highest BCUT2D eigenvalue weighted by molar-refractivity contribution is 7.94. The molecule has 2 aliphatic carbocycles. The average molecular weight is 440 g/mol. The van der Waals surface area contributed by atoms with E-state index < -0.39 is 16.3 Å². The van der Waals surface area contributed by atoms with Gasteiger partial charge >= 0.3 is 0 Å². The van der Waals surface area contributed by atoms with Crippen LogP contribution in [0.3, 0.4) is 0 Å². The molecule has 0 aromatic heterocycles. The molecule has 6 nitrogen and oxygen atoms in total. The standard InChI is InChI=1S/C22H34FN3O3S/c1-16(12-24)13-25-22(23)26-9-7-18(8-10-26)21-11-19(21)15-29-14-17-3-5-20(6-4-17)30(2,27)28/h3,5-6,12-13,16-19,21-22,24H,4,7-11,14-15H2,1-2H3. The molecule has 0 aromatic carbocycles. The monoisotopic (exact) mass is 439 g/mol. The van der Waals surface area contributed by atoms with Crippen LogP contribution in [-0.2, 0) is 14.6 Å². The van der Waals surface area contributed by atoms with E-state index in [2.05, 4.69) is 4.99 Å². The van der Waals surface area contributed by atoms with Crippen molar-refractivity contribution in [3.05, 3.63) is 23.1 Å². The van der Waals surface area contributed by atoms with E-state index in [1.165, 1.54) is 25.1 Å². The van der Waals surface area contributed by atoms with E-state index in [-0.39, 0.29) is 11.8 Å². The third-order valence-corrected chi connectivity index (χ3v) is 7.57. The van der Waals surface area contributed by atoms with E-state index in [1.807, 2.05) is 13.0 Å². The Morgan fingerprint density at radius 2 is 2.10 bits per heavy atom. The molecule has 0 spiro atoms. The van der Waals surface area contributed by atoms with Crippen molar-refractivity contribution in [2.75, 3.05) is 32.6 Å². The van der Waals surface area contributed by atoms with Gasteiger partial charge in [-0.25, -0.2) is 17.8 Å². The van der Waals surface area contributed by atoms with Crippen molar-refractivity contribution in [1.29, 1.82) is 5.41 Å². The Hall–Kier alpha value is -1.38. The summed E-state index contributed by atoms with van der Waals surface area (Å²) in [4.78, 5) is 6.13. The summed E-state index contributed by atoms with van der Waals surface area (Å²) in [6, 6.07) is 0. The van der Waals surface area contributed by atoms with Gasteiger partial charge in [-0.2, -0.15) is 0 Å². The molecule has 1 heterocycles. The molecule has 8 heteroatoms. The van der Waals surface area contributed by atoms with Gasteiger partial charge in [0.05, 0.1) is 11.5 Å². The summed E-state index contributed by atoms with van der Waals surface area (Å²) >= 11 is 0. The number of likely N-dealkylation sites (tertiary alicyclic amines) is 1. The molecule has 30 heavy (non-hydrogen) atoms. The lowest BCUT2D eigenvalue weighted by atomic mass is 9.91.